The van der Waals surface area contributed by atoms with Gasteiger partial charge < -0.3 is 10.5 Å². The monoisotopic (exact) mass is 348 g/mol. The standard InChI is InChI=1S/C18H15F3N2O.CH4/c19-18(20,21)16-7-4-11(9-22)8-15(16)14-3-1-2-12-5-6-13(10-23)24-17(12)14;/h1-4,7-8,13H,5-6,10,23H2;1H4/t13-;/m1./s1. The summed E-state index contributed by atoms with van der Waals surface area (Å²) in [4.78, 5) is 0. The van der Waals surface area contributed by atoms with Crippen molar-refractivity contribution < 1.29 is 17.9 Å². The third-order valence-corrected chi connectivity index (χ3v) is 4.12. The first-order valence-electron chi connectivity index (χ1n) is 7.54. The van der Waals surface area contributed by atoms with Crippen LogP contribution in [-0.4, -0.2) is 12.6 Å². The van der Waals surface area contributed by atoms with Gasteiger partial charge >= 0.3 is 6.18 Å². The number of aryl methyl sites for hydroxylation is 1. The molecule has 3 rings (SSSR count). The average Bonchev–Trinajstić information content (AvgIpc) is 2.59. The minimum Gasteiger partial charge on any atom is -0.488 e. The Morgan fingerprint density at radius 3 is 2.60 bits per heavy atom. The highest BCUT2D eigenvalue weighted by Gasteiger charge is 2.35. The second-order valence-electron chi connectivity index (χ2n) is 5.68. The Balaban J connectivity index is 0.00000225. The van der Waals surface area contributed by atoms with Crippen LogP contribution < -0.4 is 10.5 Å². The second-order valence-corrected chi connectivity index (χ2v) is 5.68. The van der Waals surface area contributed by atoms with E-state index >= 15 is 0 Å². The third kappa shape index (κ3) is 3.62. The summed E-state index contributed by atoms with van der Waals surface area (Å²) in [5.74, 6) is 0.430. The van der Waals surface area contributed by atoms with Gasteiger partial charge in [-0.05, 0) is 42.2 Å². The second kappa shape index (κ2) is 7.16. The van der Waals surface area contributed by atoms with Gasteiger partial charge in [0.05, 0.1) is 17.2 Å². The number of hydrogen-bond acceptors (Lipinski definition) is 3. The Kier molecular flexibility index (Phi) is 5.39. The molecule has 0 aliphatic carbocycles. The van der Waals surface area contributed by atoms with Gasteiger partial charge in [-0.3, -0.25) is 0 Å². The molecule has 1 atom stereocenters. The molecule has 132 valence electrons. The molecule has 0 fully saturated rings. The highest BCUT2D eigenvalue weighted by molar-refractivity contribution is 5.76. The van der Waals surface area contributed by atoms with E-state index in [1.165, 1.54) is 12.1 Å². The molecule has 2 N–H and O–H groups in total. The third-order valence-electron chi connectivity index (χ3n) is 4.12. The largest absolute Gasteiger partial charge is 0.488 e. The number of alkyl halides is 3. The Bertz CT molecular complexity index is 809. The quantitative estimate of drug-likeness (QED) is 0.867. The minimum atomic E-state index is -4.52. The molecule has 1 heterocycles. The molecule has 0 radical (unpaired) electrons. The van der Waals surface area contributed by atoms with Crippen LogP contribution in [0.3, 0.4) is 0 Å². The minimum absolute atomic E-state index is 0. The van der Waals surface area contributed by atoms with Crippen molar-refractivity contribution in [3.63, 3.8) is 0 Å². The summed E-state index contributed by atoms with van der Waals surface area (Å²) in [5, 5.41) is 9.04. The molecule has 0 saturated heterocycles. The lowest BCUT2D eigenvalue weighted by Crippen LogP contribution is -2.30. The number of benzene rings is 2. The number of ether oxygens (including phenoxy) is 1. The van der Waals surface area contributed by atoms with Crippen LogP contribution in [0.2, 0.25) is 0 Å². The molecule has 3 nitrogen and oxygen atoms in total. The van der Waals surface area contributed by atoms with E-state index in [-0.39, 0.29) is 24.7 Å². The zero-order chi connectivity index (χ0) is 17.3. The van der Waals surface area contributed by atoms with Crippen molar-refractivity contribution in [1.29, 1.82) is 5.26 Å². The molecule has 2 aromatic carbocycles. The van der Waals surface area contributed by atoms with Crippen LogP contribution in [0.1, 0.15) is 30.5 Å². The number of halogens is 3. The predicted molar refractivity (Wildman–Crippen MR) is 90.1 cm³/mol. The lowest BCUT2D eigenvalue weighted by molar-refractivity contribution is -0.137. The fourth-order valence-electron chi connectivity index (χ4n) is 2.92. The number of nitrogens with zero attached hydrogens (tertiary/aromatic N) is 1. The molecule has 1 aliphatic heterocycles. The average molecular weight is 348 g/mol. The maximum absolute atomic E-state index is 13.4. The predicted octanol–water partition coefficient (Wildman–Crippen LogP) is 4.53. The Morgan fingerprint density at radius 2 is 1.96 bits per heavy atom. The van der Waals surface area contributed by atoms with E-state index in [1.54, 1.807) is 12.1 Å². The van der Waals surface area contributed by atoms with Crippen molar-refractivity contribution in [3.05, 3.63) is 53.1 Å². The number of nitriles is 1. The van der Waals surface area contributed by atoms with Crippen LogP contribution in [0.4, 0.5) is 13.2 Å². The van der Waals surface area contributed by atoms with E-state index in [0.717, 1.165) is 18.1 Å². The van der Waals surface area contributed by atoms with Gasteiger partial charge in [0, 0.05) is 12.1 Å². The van der Waals surface area contributed by atoms with Crippen LogP contribution in [0.5, 0.6) is 5.75 Å². The van der Waals surface area contributed by atoms with Crippen molar-refractivity contribution in [2.24, 2.45) is 5.73 Å². The van der Waals surface area contributed by atoms with Crippen LogP contribution in [0.25, 0.3) is 11.1 Å². The first-order valence-corrected chi connectivity index (χ1v) is 7.54. The Hall–Kier alpha value is -2.52. The molecular formula is C19H19F3N2O. The van der Waals surface area contributed by atoms with Gasteiger partial charge in [0.15, 0.2) is 0 Å². The van der Waals surface area contributed by atoms with Crippen molar-refractivity contribution in [2.45, 2.75) is 32.5 Å². The number of fused-ring (bicyclic) bond motifs is 1. The first kappa shape index (κ1) is 18.8. The molecule has 6 heteroatoms. The molecule has 0 aromatic heterocycles. The topological polar surface area (TPSA) is 59.0 Å². The molecule has 0 saturated carbocycles. The number of rotatable bonds is 2. The molecule has 25 heavy (non-hydrogen) atoms. The summed E-state index contributed by atoms with van der Waals surface area (Å²) in [5.41, 5.74) is 6.18. The summed E-state index contributed by atoms with van der Waals surface area (Å²) in [6.45, 7) is 0.304. The van der Waals surface area contributed by atoms with Crippen molar-refractivity contribution >= 4 is 0 Å². The van der Waals surface area contributed by atoms with E-state index in [2.05, 4.69) is 0 Å². The maximum Gasteiger partial charge on any atom is 0.417 e. The molecule has 0 bridgehead atoms. The van der Waals surface area contributed by atoms with Crippen LogP contribution in [0.15, 0.2) is 36.4 Å². The molecule has 2 aromatic rings. The maximum atomic E-state index is 13.4. The van der Waals surface area contributed by atoms with Crippen molar-refractivity contribution in [3.8, 4) is 22.9 Å². The zero-order valence-electron chi connectivity index (χ0n) is 12.7. The Morgan fingerprint density at radius 1 is 1.20 bits per heavy atom. The molecule has 0 spiro atoms. The van der Waals surface area contributed by atoms with Gasteiger partial charge in [-0.25, -0.2) is 0 Å². The van der Waals surface area contributed by atoms with Gasteiger partial charge in [0.1, 0.15) is 11.9 Å². The van der Waals surface area contributed by atoms with Crippen LogP contribution >= 0.6 is 0 Å². The number of hydrogen-bond donors (Lipinski definition) is 1. The van der Waals surface area contributed by atoms with Gasteiger partial charge in [0.25, 0.3) is 0 Å². The summed E-state index contributed by atoms with van der Waals surface area (Å²) in [6, 6.07) is 10.4. The van der Waals surface area contributed by atoms with Gasteiger partial charge in [-0.15, -0.1) is 0 Å². The fourth-order valence-corrected chi connectivity index (χ4v) is 2.92. The molecule has 0 amide bonds. The van der Waals surface area contributed by atoms with Gasteiger partial charge in [-0.1, -0.05) is 25.6 Å². The summed E-state index contributed by atoms with van der Waals surface area (Å²) >= 11 is 0. The molecule has 1 aliphatic rings. The van der Waals surface area contributed by atoms with E-state index in [9.17, 15) is 13.2 Å². The van der Waals surface area contributed by atoms with Gasteiger partial charge in [-0.2, -0.15) is 18.4 Å². The Labute approximate surface area is 144 Å². The van der Waals surface area contributed by atoms with Crippen LogP contribution in [-0.2, 0) is 12.6 Å². The summed E-state index contributed by atoms with van der Waals surface area (Å²) < 4.78 is 46.0. The first-order chi connectivity index (χ1) is 11.4. The summed E-state index contributed by atoms with van der Waals surface area (Å²) in [7, 11) is 0. The molecular weight excluding hydrogens is 329 g/mol. The van der Waals surface area contributed by atoms with E-state index in [0.29, 0.717) is 24.3 Å². The SMILES string of the molecule is C.N#Cc1ccc(C(F)(F)F)c(-c2cccc3c2O[C@@H](CN)CC3)c1. The fraction of sp³-hybridized carbons (Fsp3) is 0.316. The number of para-hydroxylation sites is 1. The van der Waals surface area contributed by atoms with Crippen LogP contribution in [0, 0.1) is 11.3 Å². The lowest BCUT2D eigenvalue weighted by atomic mass is 9.92. The lowest BCUT2D eigenvalue weighted by Gasteiger charge is -2.28. The van der Waals surface area contributed by atoms with E-state index in [4.69, 9.17) is 15.7 Å². The van der Waals surface area contributed by atoms with Crippen molar-refractivity contribution in [1.82, 2.24) is 0 Å². The van der Waals surface area contributed by atoms with E-state index < -0.39 is 11.7 Å². The van der Waals surface area contributed by atoms with Crippen molar-refractivity contribution in [2.75, 3.05) is 6.54 Å². The molecule has 0 unspecified atom stereocenters. The normalized spacial score (nSPS) is 16.2. The highest BCUT2D eigenvalue weighted by atomic mass is 19.4. The van der Waals surface area contributed by atoms with Gasteiger partial charge in [0.2, 0.25) is 0 Å². The highest BCUT2D eigenvalue weighted by Crippen LogP contribution is 2.43. The smallest absolute Gasteiger partial charge is 0.417 e. The van der Waals surface area contributed by atoms with E-state index in [1.807, 2.05) is 12.1 Å². The number of nitrogens with two attached hydrogens (primary N) is 1. The summed E-state index contributed by atoms with van der Waals surface area (Å²) in [6.07, 6.45) is -3.30. The zero-order valence-corrected chi connectivity index (χ0v) is 12.7.